The summed E-state index contributed by atoms with van der Waals surface area (Å²) in [6.45, 7) is 7.96. The van der Waals surface area contributed by atoms with Gasteiger partial charge >= 0.3 is 0 Å². The fraction of sp³-hybridized carbons (Fsp3) is 0.579. The Bertz CT molecular complexity index is 696. The maximum Gasteiger partial charge on any atom is 0.0559 e. The van der Waals surface area contributed by atoms with Gasteiger partial charge in [0.15, 0.2) is 0 Å². The van der Waals surface area contributed by atoms with Crippen molar-refractivity contribution in [3.8, 4) is 0 Å². The first-order chi connectivity index (χ1) is 11.3. The lowest BCUT2D eigenvalue weighted by Gasteiger charge is -2.36. The first-order valence-corrected chi connectivity index (χ1v) is 8.73. The predicted molar refractivity (Wildman–Crippen MR) is 91.3 cm³/mol. The van der Waals surface area contributed by atoms with Gasteiger partial charge in [0.1, 0.15) is 0 Å². The summed E-state index contributed by atoms with van der Waals surface area (Å²) in [5.41, 5.74) is 2.67. The number of nitrogens with zero attached hydrogens (tertiary/aromatic N) is 2. The molecule has 4 rings (SSSR count). The number of likely N-dealkylation sites (tertiary alicyclic amines) is 1. The van der Waals surface area contributed by atoms with Crippen LogP contribution in [0.3, 0.4) is 0 Å². The van der Waals surface area contributed by atoms with Gasteiger partial charge in [-0.1, -0.05) is 12.1 Å². The van der Waals surface area contributed by atoms with E-state index in [1.165, 1.54) is 16.5 Å². The van der Waals surface area contributed by atoms with Crippen molar-refractivity contribution in [3.63, 3.8) is 0 Å². The summed E-state index contributed by atoms with van der Waals surface area (Å²) in [5, 5.41) is 11.3. The number of hydrogen-bond acceptors (Lipinski definition) is 3. The van der Waals surface area contributed by atoms with E-state index in [0.29, 0.717) is 12.5 Å². The Hall–Kier alpha value is -1.36. The van der Waals surface area contributed by atoms with Gasteiger partial charge in [0.05, 0.1) is 13.2 Å². The quantitative estimate of drug-likeness (QED) is 0.942. The highest BCUT2D eigenvalue weighted by molar-refractivity contribution is 5.83. The van der Waals surface area contributed by atoms with Crippen molar-refractivity contribution in [2.45, 2.75) is 26.4 Å². The van der Waals surface area contributed by atoms with Crippen LogP contribution in [0.25, 0.3) is 10.9 Å². The molecule has 2 aliphatic rings. The molecule has 2 aromatic rings. The molecule has 4 nitrogen and oxygen atoms in total. The molecular weight excluding hydrogens is 288 g/mol. The van der Waals surface area contributed by atoms with Crippen LogP contribution in [-0.2, 0) is 17.8 Å². The lowest BCUT2D eigenvalue weighted by atomic mass is 9.76. The van der Waals surface area contributed by atoms with E-state index in [9.17, 15) is 5.11 Å². The fourth-order valence-corrected chi connectivity index (χ4v) is 4.49. The van der Waals surface area contributed by atoms with E-state index in [-0.39, 0.29) is 12.0 Å². The van der Waals surface area contributed by atoms with Crippen LogP contribution in [0.15, 0.2) is 30.5 Å². The van der Waals surface area contributed by atoms with Crippen LogP contribution in [0.4, 0.5) is 0 Å². The van der Waals surface area contributed by atoms with Gasteiger partial charge in [0.25, 0.3) is 0 Å². The third-order valence-corrected chi connectivity index (χ3v) is 5.84. The van der Waals surface area contributed by atoms with Gasteiger partial charge in [-0.05, 0) is 37.0 Å². The molecule has 1 N–H and O–H groups in total. The summed E-state index contributed by atoms with van der Waals surface area (Å²) in [6.07, 6.45) is 3.26. The minimum Gasteiger partial charge on any atom is -0.396 e. The van der Waals surface area contributed by atoms with E-state index in [1.807, 2.05) is 0 Å². The molecule has 1 aromatic carbocycles. The SMILES string of the molecule is CCn1ccc2c(CN3C[C@@H]4CCOC[C@]4(CO)C3)cccc21. The van der Waals surface area contributed by atoms with Gasteiger partial charge < -0.3 is 14.4 Å². The number of rotatable bonds is 4. The molecule has 0 saturated carbocycles. The third kappa shape index (κ3) is 2.49. The van der Waals surface area contributed by atoms with E-state index in [0.717, 1.165) is 39.2 Å². The first-order valence-electron chi connectivity index (χ1n) is 8.73. The molecule has 2 saturated heterocycles. The molecule has 3 heterocycles. The Kier molecular flexibility index (Phi) is 3.92. The van der Waals surface area contributed by atoms with Crippen LogP contribution in [0.1, 0.15) is 18.9 Å². The molecule has 0 aliphatic carbocycles. The van der Waals surface area contributed by atoms with E-state index in [1.54, 1.807) is 0 Å². The number of ether oxygens (including phenoxy) is 1. The first kappa shape index (κ1) is 15.2. The monoisotopic (exact) mass is 314 g/mol. The summed E-state index contributed by atoms with van der Waals surface area (Å²) in [4.78, 5) is 2.51. The number of fused-ring (bicyclic) bond motifs is 2. The Labute approximate surface area is 137 Å². The van der Waals surface area contributed by atoms with E-state index in [2.05, 4.69) is 46.9 Å². The second-order valence-corrected chi connectivity index (χ2v) is 7.18. The Morgan fingerprint density at radius 1 is 1.35 bits per heavy atom. The number of hydrogen-bond donors (Lipinski definition) is 1. The van der Waals surface area contributed by atoms with Gasteiger partial charge in [-0.3, -0.25) is 4.90 Å². The number of benzene rings is 1. The van der Waals surface area contributed by atoms with Crippen molar-refractivity contribution >= 4 is 10.9 Å². The van der Waals surface area contributed by atoms with Gasteiger partial charge in [-0.15, -0.1) is 0 Å². The van der Waals surface area contributed by atoms with E-state index >= 15 is 0 Å². The number of aryl methyl sites for hydroxylation is 1. The fourth-order valence-electron chi connectivity index (χ4n) is 4.49. The third-order valence-electron chi connectivity index (χ3n) is 5.84. The zero-order valence-electron chi connectivity index (χ0n) is 13.9. The minimum absolute atomic E-state index is 0.0402. The van der Waals surface area contributed by atoms with Crippen LogP contribution < -0.4 is 0 Å². The van der Waals surface area contributed by atoms with E-state index < -0.39 is 0 Å². The lowest BCUT2D eigenvalue weighted by molar-refractivity contribution is -0.0561. The van der Waals surface area contributed by atoms with Gasteiger partial charge in [0, 0.05) is 55.3 Å². The predicted octanol–water partition coefficient (Wildman–Crippen LogP) is 2.49. The Morgan fingerprint density at radius 2 is 2.26 bits per heavy atom. The van der Waals surface area contributed by atoms with Crippen molar-refractivity contribution < 1.29 is 9.84 Å². The van der Waals surface area contributed by atoms with Crippen LogP contribution in [-0.4, -0.2) is 47.5 Å². The molecule has 0 spiro atoms. The number of aliphatic hydroxyl groups is 1. The standard InChI is InChI=1S/C19H26N2O2/c1-2-21-8-6-17-15(4-3-5-18(17)21)10-20-11-16-7-9-23-14-19(16,12-20)13-22/h3-6,8,16,22H,2,7,9-14H2,1H3/t16-,19+/m0/s1. The molecule has 0 bridgehead atoms. The largest absolute Gasteiger partial charge is 0.396 e. The van der Waals surface area contributed by atoms with Gasteiger partial charge in [-0.25, -0.2) is 0 Å². The van der Waals surface area contributed by atoms with Gasteiger partial charge in [0.2, 0.25) is 0 Å². The highest BCUT2D eigenvalue weighted by atomic mass is 16.5. The van der Waals surface area contributed by atoms with Gasteiger partial charge in [-0.2, -0.15) is 0 Å². The summed E-state index contributed by atoms with van der Waals surface area (Å²) in [7, 11) is 0. The van der Waals surface area contributed by atoms with Crippen LogP contribution >= 0.6 is 0 Å². The lowest BCUT2D eigenvalue weighted by Crippen LogP contribution is -2.42. The summed E-state index contributed by atoms with van der Waals surface area (Å²) >= 11 is 0. The zero-order chi connectivity index (χ0) is 15.9. The topological polar surface area (TPSA) is 37.6 Å². The van der Waals surface area contributed by atoms with Crippen molar-refractivity contribution in [2.75, 3.05) is 32.9 Å². The van der Waals surface area contributed by atoms with Crippen molar-refractivity contribution in [1.29, 1.82) is 0 Å². The molecule has 0 radical (unpaired) electrons. The smallest absolute Gasteiger partial charge is 0.0559 e. The molecule has 2 atom stereocenters. The molecule has 0 unspecified atom stereocenters. The van der Waals surface area contributed by atoms with Crippen LogP contribution in [0, 0.1) is 11.3 Å². The maximum atomic E-state index is 9.93. The van der Waals surface area contributed by atoms with Crippen molar-refractivity contribution in [2.24, 2.45) is 11.3 Å². The molecule has 0 amide bonds. The average molecular weight is 314 g/mol. The molecule has 124 valence electrons. The van der Waals surface area contributed by atoms with E-state index in [4.69, 9.17) is 4.74 Å². The number of aliphatic hydroxyl groups excluding tert-OH is 1. The van der Waals surface area contributed by atoms with Crippen LogP contribution in [0.2, 0.25) is 0 Å². The number of aromatic nitrogens is 1. The molecular formula is C19H26N2O2. The zero-order valence-corrected chi connectivity index (χ0v) is 13.9. The highest BCUT2D eigenvalue weighted by Crippen LogP contribution is 2.41. The van der Waals surface area contributed by atoms with Crippen molar-refractivity contribution in [1.82, 2.24) is 9.47 Å². The molecule has 23 heavy (non-hydrogen) atoms. The average Bonchev–Trinajstić information content (AvgIpc) is 3.16. The maximum absolute atomic E-state index is 9.93. The minimum atomic E-state index is -0.0402. The second kappa shape index (κ2) is 5.93. The highest BCUT2D eigenvalue weighted by Gasteiger charge is 2.47. The van der Waals surface area contributed by atoms with Crippen LogP contribution in [0.5, 0.6) is 0 Å². The molecule has 1 aromatic heterocycles. The molecule has 4 heteroatoms. The molecule has 2 aliphatic heterocycles. The Balaban J connectivity index is 1.58. The second-order valence-electron chi connectivity index (χ2n) is 7.18. The Morgan fingerprint density at radius 3 is 3.04 bits per heavy atom. The summed E-state index contributed by atoms with van der Waals surface area (Å²) in [5.74, 6) is 0.570. The summed E-state index contributed by atoms with van der Waals surface area (Å²) < 4.78 is 7.97. The normalized spacial score (nSPS) is 28.3. The summed E-state index contributed by atoms with van der Waals surface area (Å²) in [6, 6.07) is 8.85. The van der Waals surface area contributed by atoms with Crippen molar-refractivity contribution in [3.05, 3.63) is 36.0 Å². The molecule has 2 fully saturated rings.